The highest BCUT2D eigenvalue weighted by atomic mass is 16.5. The molecule has 0 fully saturated rings. The van der Waals surface area contributed by atoms with Crippen LogP contribution in [0.5, 0.6) is 17.2 Å². The van der Waals surface area contributed by atoms with Gasteiger partial charge in [-0.3, -0.25) is 9.97 Å². The molecule has 0 radical (unpaired) electrons. The number of pyridine rings is 2. The maximum atomic E-state index is 10.1. The number of aromatic nitrogens is 2. The van der Waals surface area contributed by atoms with E-state index in [4.69, 9.17) is 4.74 Å². The molecule has 138 valence electrons. The summed E-state index contributed by atoms with van der Waals surface area (Å²) in [6.07, 6.45) is 3.41. The van der Waals surface area contributed by atoms with Crippen LogP contribution in [0, 0.1) is 0 Å². The first-order valence-electron chi connectivity index (χ1n) is 8.74. The van der Waals surface area contributed by atoms with Gasteiger partial charge in [-0.15, -0.1) is 0 Å². The molecule has 0 aliphatic rings. The second-order valence-corrected chi connectivity index (χ2v) is 6.26. The van der Waals surface area contributed by atoms with Gasteiger partial charge in [0.15, 0.2) is 0 Å². The Morgan fingerprint density at radius 2 is 1.29 bits per heavy atom. The van der Waals surface area contributed by atoms with E-state index in [-0.39, 0.29) is 11.5 Å². The molecule has 0 amide bonds. The molecule has 0 bridgehead atoms. The lowest BCUT2D eigenvalue weighted by Crippen LogP contribution is -1.90. The average Bonchev–Trinajstić information content (AvgIpc) is 2.75. The predicted octanol–water partition coefficient (Wildman–Crippen LogP) is 4.90. The number of benzene rings is 2. The normalized spacial score (nSPS) is 10.6. The molecule has 4 aromatic rings. The van der Waals surface area contributed by atoms with Crippen LogP contribution in [0.3, 0.4) is 0 Å². The minimum Gasteiger partial charge on any atom is -0.507 e. The summed E-state index contributed by atoms with van der Waals surface area (Å²) < 4.78 is 5.22. The number of para-hydroxylation sites is 1. The average molecular weight is 370 g/mol. The molecule has 2 heterocycles. The molecule has 0 spiro atoms. The van der Waals surface area contributed by atoms with Gasteiger partial charge in [0.1, 0.15) is 17.2 Å². The number of phenols is 2. The quantitative estimate of drug-likeness (QED) is 0.534. The van der Waals surface area contributed by atoms with Crippen LogP contribution in [-0.2, 0) is 0 Å². The summed E-state index contributed by atoms with van der Waals surface area (Å²) in [7, 11) is 1.59. The molecule has 2 N–H and O–H groups in total. The fourth-order valence-electron chi connectivity index (χ4n) is 3.00. The zero-order chi connectivity index (χ0) is 19.5. The fourth-order valence-corrected chi connectivity index (χ4v) is 3.00. The van der Waals surface area contributed by atoms with E-state index in [9.17, 15) is 10.2 Å². The molecule has 0 saturated heterocycles. The molecule has 0 saturated carbocycles. The monoisotopic (exact) mass is 370 g/mol. The lowest BCUT2D eigenvalue weighted by atomic mass is 10.0. The van der Waals surface area contributed by atoms with Crippen molar-refractivity contribution in [3.63, 3.8) is 0 Å². The molecular weight excluding hydrogens is 352 g/mol. The Morgan fingerprint density at radius 3 is 1.86 bits per heavy atom. The highest BCUT2D eigenvalue weighted by molar-refractivity contribution is 5.73. The summed E-state index contributed by atoms with van der Waals surface area (Å²) in [6, 6.07) is 19.7. The number of rotatable bonds is 4. The van der Waals surface area contributed by atoms with Crippen molar-refractivity contribution < 1.29 is 14.9 Å². The molecule has 0 atom stereocenters. The number of nitrogens with zero attached hydrogens (tertiary/aromatic N) is 2. The van der Waals surface area contributed by atoms with E-state index in [0.29, 0.717) is 11.3 Å². The summed E-state index contributed by atoms with van der Waals surface area (Å²) in [6.45, 7) is 0. The third-order valence-electron chi connectivity index (χ3n) is 4.52. The van der Waals surface area contributed by atoms with Crippen molar-refractivity contribution in [2.45, 2.75) is 0 Å². The molecular formula is C23H18N2O3. The van der Waals surface area contributed by atoms with E-state index in [1.807, 2.05) is 36.4 Å². The van der Waals surface area contributed by atoms with Gasteiger partial charge in [0.2, 0.25) is 0 Å². The van der Waals surface area contributed by atoms with Crippen LogP contribution >= 0.6 is 0 Å². The molecule has 2 aromatic carbocycles. The van der Waals surface area contributed by atoms with E-state index >= 15 is 0 Å². The summed E-state index contributed by atoms with van der Waals surface area (Å²) in [5.41, 5.74) is 4.45. The van der Waals surface area contributed by atoms with Gasteiger partial charge < -0.3 is 14.9 Å². The minimum atomic E-state index is 0.167. The third-order valence-corrected chi connectivity index (χ3v) is 4.52. The summed E-state index contributed by atoms with van der Waals surface area (Å²) in [5.74, 6) is 1.05. The number of hydrogen-bond donors (Lipinski definition) is 2. The number of hydrogen-bond acceptors (Lipinski definition) is 5. The Morgan fingerprint density at radius 1 is 0.679 bits per heavy atom. The molecule has 0 aliphatic heterocycles. The lowest BCUT2D eigenvalue weighted by Gasteiger charge is -2.08. The first kappa shape index (κ1) is 17.5. The van der Waals surface area contributed by atoms with Crippen LogP contribution < -0.4 is 4.74 Å². The van der Waals surface area contributed by atoms with E-state index in [1.165, 1.54) is 0 Å². The van der Waals surface area contributed by atoms with E-state index < -0.39 is 0 Å². The Bertz CT molecular complexity index is 1110. The zero-order valence-electron chi connectivity index (χ0n) is 15.2. The summed E-state index contributed by atoms with van der Waals surface area (Å²) >= 11 is 0. The van der Waals surface area contributed by atoms with Crippen LogP contribution in [0.25, 0.3) is 33.6 Å². The van der Waals surface area contributed by atoms with Crippen LogP contribution in [0.1, 0.15) is 0 Å². The standard InChI is InChI=1S/C23H18N2O3/c1-28-17-8-11-23(27)19(12-17)16-7-10-21(25-14-16)20-9-6-15(13-24-20)18-4-2-3-5-22(18)26/h2-14,26-27H,1H3. The van der Waals surface area contributed by atoms with Gasteiger partial charge in [-0.1, -0.05) is 30.3 Å². The number of phenolic OH excluding ortho intramolecular Hbond substituents is 2. The second kappa shape index (κ2) is 7.40. The van der Waals surface area contributed by atoms with Gasteiger partial charge in [-0.2, -0.15) is 0 Å². The Labute approximate surface area is 162 Å². The highest BCUT2D eigenvalue weighted by Gasteiger charge is 2.09. The maximum absolute atomic E-state index is 10.1. The Kier molecular flexibility index (Phi) is 4.64. The van der Waals surface area contributed by atoms with E-state index in [2.05, 4.69) is 9.97 Å². The largest absolute Gasteiger partial charge is 0.507 e. The van der Waals surface area contributed by atoms with Gasteiger partial charge in [0.05, 0.1) is 18.5 Å². The van der Waals surface area contributed by atoms with Crippen molar-refractivity contribution in [2.24, 2.45) is 0 Å². The molecule has 0 aliphatic carbocycles. The van der Waals surface area contributed by atoms with E-state index in [0.717, 1.165) is 28.1 Å². The Balaban J connectivity index is 1.62. The molecule has 28 heavy (non-hydrogen) atoms. The van der Waals surface area contributed by atoms with Crippen LogP contribution in [0.15, 0.2) is 79.1 Å². The Hall–Kier alpha value is -3.86. The first-order valence-corrected chi connectivity index (χ1v) is 8.74. The lowest BCUT2D eigenvalue weighted by molar-refractivity contribution is 0.412. The predicted molar refractivity (Wildman–Crippen MR) is 108 cm³/mol. The van der Waals surface area contributed by atoms with Crippen molar-refractivity contribution in [1.29, 1.82) is 0 Å². The first-order chi connectivity index (χ1) is 13.7. The fraction of sp³-hybridized carbons (Fsp3) is 0.0435. The molecule has 4 rings (SSSR count). The van der Waals surface area contributed by atoms with Gasteiger partial charge in [0, 0.05) is 34.6 Å². The zero-order valence-corrected chi connectivity index (χ0v) is 15.2. The second-order valence-electron chi connectivity index (χ2n) is 6.26. The van der Waals surface area contributed by atoms with Crippen molar-refractivity contribution in [1.82, 2.24) is 9.97 Å². The van der Waals surface area contributed by atoms with Crippen molar-refractivity contribution in [3.8, 4) is 50.9 Å². The van der Waals surface area contributed by atoms with Crippen LogP contribution in [0.4, 0.5) is 0 Å². The summed E-state index contributed by atoms with van der Waals surface area (Å²) in [5, 5.41) is 20.1. The van der Waals surface area contributed by atoms with Gasteiger partial charge in [0.25, 0.3) is 0 Å². The smallest absolute Gasteiger partial charge is 0.123 e. The van der Waals surface area contributed by atoms with Crippen LogP contribution in [0.2, 0.25) is 0 Å². The molecule has 2 aromatic heterocycles. The van der Waals surface area contributed by atoms with Gasteiger partial charge in [-0.25, -0.2) is 0 Å². The number of methoxy groups -OCH3 is 1. The number of aromatic hydroxyl groups is 2. The highest BCUT2D eigenvalue weighted by Crippen LogP contribution is 2.33. The van der Waals surface area contributed by atoms with Gasteiger partial charge >= 0.3 is 0 Å². The van der Waals surface area contributed by atoms with Crippen molar-refractivity contribution in [2.75, 3.05) is 7.11 Å². The molecule has 5 nitrogen and oxygen atoms in total. The minimum absolute atomic E-state index is 0.167. The number of ether oxygens (including phenoxy) is 1. The van der Waals surface area contributed by atoms with Crippen LogP contribution in [-0.4, -0.2) is 27.3 Å². The third kappa shape index (κ3) is 3.38. The molecule has 0 unspecified atom stereocenters. The SMILES string of the molecule is COc1ccc(O)c(-c2ccc(-c3ccc(-c4ccccc4O)cn3)nc2)c1. The van der Waals surface area contributed by atoms with Crippen molar-refractivity contribution in [3.05, 3.63) is 79.1 Å². The van der Waals surface area contributed by atoms with Gasteiger partial charge in [-0.05, 0) is 36.4 Å². The maximum Gasteiger partial charge on any atom is 0.123 e. The summed E-state index contributed by atoms with van der Waals surface area (Å²) in [4.78, 5) is 8.95. The topological polar surface area (TPSA) is 75.5 Å². The molecule has 5 heteroatoms. The van der Waals surface area contributed by atoms with Crippen molar-refractivity contribution >= 4 is 0 Å². The van der Waals surface area contributed by atoms with E-state index in [1.54, 1.807) is 49.8 Å².